The fraction of sp³-hybridized carbons (Fsp3) is 0.154. The third-order valence-corrected chi connectivity index (χ3v) is 2.94. The molecular formula is C13H11F2N5O. The van der Waals surface area contributed by atoms with Crippen LogP contribution in [0.4, 0.5) is 14.6 Å². The molecule has 2 N–H and O–H groups in total. The van der Waals surface area contributed by atoms with Crippen LogP contribution < -0.4 is 10.5 Å². The van der Waals surface area contributed by atoms with Crippen LogP contribution in [0.1, 0.15) is 5.82 Å². The molecule has 0 bridgehead atoms. The number of benzene rings is 1. The second-order valence-corrected chi connectivity index (χ2v) is 4.37. The van der Waals surface area contributed by atoms with Crippen LogP contribution in [-0.4, -0.2) is 19.7 Å². The smallest absolute Gasteiger partial charge is 0.200 e. The number of halogens is 2. The topological polar surface area (TPSA) is 78.9 Å². The third kappa shape index (κ3) is 2.35. The predicted molar refractivity (Wildman–Crippen MR) is 71.4 cm³/mol. The van der Waals surface area contributed by atoms with Gasteiger partial charge in [-0.15, -0.1) is 0 Å². The van der Waals surface area contributed by atoms with Gasteiger partial charge in [-0.1, -0.05) is 6.07 Å². The first-order valence-electron chi connectivity index (χ1n) is 6.07. The highest BCUT2D eigenvalue weighted by Gasteiger charge is 2.12. The molecule has 0 saturated heterocycles. The summed E-state index contributed by atoms with van der Waals surface area (Å²) in [4.78, 5) is 8.28. The molecule has 0 saturated carbocycles. The second-order valence-electron chi connectivity index (χ2n) is 4.37. The van der Waals surface area contributed by atoms with E-state index in [4.69, 9.17) is 10.5 Å². The summed E-state index contributed by atoms with van der Waals surface area (Å²) in [5.74, 6) is -1.72. The molecule has 21 heavy (non-hydrogen) atoms. The standard InChI is InChI=1S/C13H11F2N5O/c1-20-13-7(5-17-20)12(16)18-10(19-13)6-21-9-4-2-3-8(14)11(9)15/h2-5H,6H2,1H3,(H2,16,18,19). The van der Waals surface area contributed by atoms with Crippen LogP contribution in [0, 0.1) is 11.6 Å². The maximum atomic E-state index is 13.5. The molecule has 0 fully saturated rings. The van der Waals surface area contributed by atoms with Crippen LogP contribution >= 0.6 is 0 Å². The van der Waals surface area contributed by atoms with Crippen molar-refractivity contribution in [1.29, 1.82) is 0 Å². The zero-order valence-electron chi connectivity index (χ0n) is 11.0. The summed E-state index contributed by atoms with van der Waals surface area (Å²) < 4.78 is 33.3. The van der Waals surface area contributed by atoms with Crippen molar-refractivity contribution < 1.29 is 13.5 Å². The normalized spacial score (nSPS) is 11.0. The van der Waals surface area contributed by atoms with Gasteiger partial charge in [0.25, 0.3) is 0 Å². The molecular weight excluding hydrogens is 280 g/mol. The maximum absolute atomic E-state index is 13.5. The molecule has 0 aliphatic carbocycles. The number of nitrogens with two attached hydrogens (primary N) is 1. The van der Waals surface area contributed by atoms with Crippen LogP contribution in [-0.2, 0) is 13.7 Å². The lowest BCUT2D eigenvalue weighted by Gasteiger charge is -2.07. The van der Waals surface area contributed by atoms with Crippen LogP contribution in [0.3, 0.4) is 0 Å². The molecule has 0 radical (unpaired) electrons. The molecule has 3 rings (SSSR count). The SMILES string of the molecule is Cn1ncc2c(N)nc(COc3cccc(F)c3F)nc21. The van der Waals surface area contributed by atoms with Gasteiger partial charge in [0.05, 0.1) is 11.6 Å². The predicted octanol–water partition coefficient (Wildman–Crippen LogP) is 1.80. The average molecular weight is 291 g/mol. The lowest BCUT2D eigenvalue weighted by Crippen LogP contribution is -2.07. The van der Waals surface area contributed by atoms with E-state index >= 15 is 0 Å². The van der Waals surface area contributed by atoms with Gasteiger partial charge in [0.2, 0.25) is 5.82 Å². The van der Waals surface area contributed by atoms with Gasteiger partial charge >= 0.3 is 0 Å². The van der Waals surface area contributed by atoms with E-state index in [2.05, 4.69) is 15.1 Å². The fourth-order valence-electron chi connectivity index (χ4n) is 1.89. The molecule has 0 spiro atoms. The van der Waals surface area contributed by atoms with E-state index in [0.29, 0.717) is 11.0 Å². The lowest BCUT2D eigenvalue weighted by molar-refractivity contribution is 0.276. The summed E-state index contributed by atoms with van der Waals surface area (Å²) in [5.41, 5.74) is 6.34. The zero-order chi connectivity index (χ0) is 15.0. The van der Waals surface area contributed by atoms with Gasteiger partial charge < -0.3 is 10.5 Å². The average Bonchev–Trinajstić information content (AvgIpc) is 2.83. The number of anilines is 1. The highest BCUT2D eigenvalue weighted by molar-refractivity contribution is 5.84. The Balaban J connectivity index is 1.88. The first-order valence-corrected chi connectivity index (χ1v) is 6.07. The van der Waals surface area contributed by atoms with Gasteiger partial charge in [0.1, 0.15) is 12.4 Å². The quantitative estimate of drug-likeness (QED) is 0.796. The summed E-state index contributed by atoms with van der Waals surface area (Å²) >= 11 is 0. The van der Waals surface area contributed by atoms with Gasteiger partial charge in [-0.2, -0.15) is 9.49 Å². The molecule has 6 nitrogen and oxygen atoms in total. The highest BCUT2D eigenvalue weighted by atomic mass is 19.2. The van der Waals surface area contributed by atoms with Crippen molar-refractivity contribution in [2.75, 3.05) is 5.73 Å². The van der Waals surface area contributed by atoms with E-state index in [-0.39, 0.29) is 24.0 Å². The molecule has 8 heteroatoms. The number of nitrogen functional groups attached to an aromatic ring is 1. The minimum atomic E-state index is -1.05. The number of hydrogen-bond acceptors (Lipinski definition) is 5. The zero-order valence-corrected chi connectivity index (χ0v) is 11.0. The monoisotopic (exact) mass is 291 g/mol. The lowest BCUT2D eigenvalue weighted by atomic mass is 10.3. The summed E-state index contributed by atoms with van der Waals surface area (Å²) in [6.07, 6.45) is 1.56. The number of ether oxygens (including phenoxy) is 1. The molecule has 2 heterocycles. The number of fused-ring (bicyclic) bond motifs is 1. The first kappa shape index (κ1) is 13.2. The van der Waals surface area contributed by atoms with Crippen molar-refractivity contribution in [3.8, 4) is 5.75 Å². The van der Waals surface area contributed by atoms with E-state index in [1.54, 1.807) is 17.9 Å². The molecule has 0 aliphatic rings. The molecule has 108 valence electrons. The second kappa shape index (κ2) is 4.97. The van der Waals surface area contributed by atoms with Crippen LogP contribution in [0.5, 0.6) is 5.75 Å². The van der Waals surface area contributed by atoms with E-state index in [1.807, 2.05) is 0 Å². The van der Waals surface area contributed by atoms with Crippen LogP contribution in [0.15, 0.2) is 24.4 Å². The van der Waals surface area contributed by atoms with E-state index in [1.165, 1.54) is 12.1 Å². The van der Waals surface area contributed by atoms with Crippen molar-refractivity contribution in [1.82, 2.24) is 19.7 Å². The molecule has 0 aliphatic heterocycles. The van der Waals surface area contributed by atoms with Gasteiger partial charge in [0, 0.05) is 7.05 Å². The Morgan fingerprint density at radius 1 is 1.29 bits per heavy atom. The summed E-state index contributed by atoms with van der Waals surface area (Å²) in [5, 5.41) is 4.65. The van der Waals surface area contributed by atoms with Gasteiger partial charge in [-0.25, -0.2) is 14.4 Å². The molecule has 0 unspecified atom stereocenters. The molecule has 1 aromatic carbocycles. The minimum Gasteiger partial charge on any atom is -0.482 e. The Labute approximate surface area is 118 Å². The van der Waals surface area contributed by atoms with Crippen molar-refractivity contribution in [2.24, 2.45) is 7.05 Å². The number of aryl methyl sites for hydroxylation is 1. The van der Waals surface area contributed by atoms with E-state index in [9.17, 15) is 8.78 Å². The molecule has 3 aromatic rings. The van der Waals surface area contributed by atoms with E-state index in [0.717, 1.165) is 6.07 Å². The molecule has 2 aromatic heterocycles. The number of hydrogen-bond donors (Lipinski definition) is 1. The first-order chi connectivity index (χ1) is 10.1. The molecule has 0 amide bonds. The van der Waals surface area contributed by atoms with Crippen LogP contribution in [0.25, 0.3) is 11.0 Å². The summed E-state index contributed by atoms with van der Waals surface area (Å²) in [7, 11) is 1.71. The minimum absolute atomic E-state index is 0.133. The molecule has 0 atom stereocenters. The Morgan fingerprint density at radius 3 is 2.90 bits per heavy atom. The van der Waals surface area contributed by atoms with Gasteiger partial charge in [-0.05, 0) is 12.1 Å². The maximum Gasteiger partial charge on any atom is 0.200 e. The largest absolute Gasteiger partial charge is 0.482 e. The Bertz CT molecular complexity index is 818. The Morgan fingerprint density at radius 2 is 2.10 bits per heavy atom. The number of rotatable bonds is 3. The van der Waals surface area contributed by atoms with Gasteiger partial charge in [0.15, 0.2) is 23.0 Å². The van der Waals surface area contributed by atoms with Crippen molar-refractivity contribution in [3.63, 3.8) is 0 Å². The van der Waals surface area contributed by atoms with Crippen LogP contribution in [0.2, 0.25) is 0 Å². The highest BCUT2D eigenvalue weighted by Crippen LogP contribution is 2.21. The van der Waals surface area contributed by atoms with Crippen molar-refractivity contribution in [2.45, 2.75) is 6.61 Å². The van der Waals surface area contributed by atoms with E-state index < -0.39 is 11.6 Å². The van der Waals surface area contributed by atoms with Crippen molar-refractivity contribution >= 4 is 16.9 Å². The summed E-state index contributed by atoms with van der Waals surface area (Å²) in [6, 6.07) is 3.69. The number of aromatic nitrogens is 4. The summed E-state index contributed by atoms with van der Waals surface area (Å²) in [6.45, 7) is -0.133. The van der Waals surface area contributed by atoms with Gasteiger partial charge in [-0.3, -0.25) is 4.68 Å². The number of nitrogens with zero attached hydrogens (tertiary/aromatic N) is 4. The third-order valence-electron chi connectivity index (χ3n) is 2.94. The fourth-order valence-corrected chi connectivity index (χ4v) is 1.89. The Hall–Kier alpha value is -2.77. The Kier molecular flexibility index (Phi) is 3.13. The van der Waals surface area contributed by atoms with Crippen molar-refractivity contribution in [3.05, 3.63) is 41.9 Å².